The highest BCUT2D eigenvalue weighted by Gasteiger charge is 2.38. The lowest BCUT2D eigenvalue weighted by Gasteiger charge is -2.28. The number of aromatic nitrogens is 10. The predicted molar refractivity (Wildman–Crippen MR) is 566 cm³/mol. The van der Waals surface area contributed by atoms with Crippen molar-refractivity contribution in [3.63, 3.8) is 0 Å². The van der Waals surface area contributed by atoms with Crippen LogP contribution in [0.5, 0.6) is 0 Å². The molecule has 0 atom stereocenters. The quantitative estimate of drug-likeness (QED) is 0.0178. The van der Waals surface area contributed by atoms with Crippen LogP contribution in [0.4, 0.5) is 79.3 Å². The molecule has 0 aliphatic rings. The highest BCUT2D eigenvalue weighted by atomic mass is 32.3. The van der Waals surface area contributed by atoms with E-state index in [1.165, 1.54) is 140 Å². The van der Waals surface area contributed by atoms with Gasteiger partial charge >= 0.3 is 0 Å². The zero-order valence-corrected chi connectivity index (χ0v) is 92.7. The van der Waals surface area contributed by atoms with Gasteiger partial charge in [-0.1, -0.05) is 125 Å². The van der Waals surface area contributed by atoms with E-state index >= 15 is 0 Å². The maximum absolute atomic E-state index is 13.2. The molecule has 0 saturated heterocycles. The van der Waals surface area contributed by atoms with E-state index < -0.39 is 106 Å². The Morgan fingerprint density at radius 1 is 0.347 bits per heavy atom. The summed E-state index contributed by atoms with van der Waals surface area (Å²) in [4.78, 5) is 28.9. The van der Waals surface area contributed by atoms with Crippen molar-refractivity contribution in [1.82, 2.24) is 49.5 Å². The molecular formula is C94H92N20O24S12. The first-order valence-corrected chi connectivity index (χ1v) is 59.2. The Bertz CT molecular complexity index is 9670. The molecule has 784 valence electrons. The Morgan fingerprint density at radius 3 is 0.993 bits per heavy atom. The molecule has 150 heavy (non-hydrogen) atoms. The van der Waals surface area contributed by atoms with Gasteiger partial charge in [0.05, 0.1) is 83.2 Å². The first-order valence-electron chi connectivity index (χ1n) is 44.4. The average Bonchev–Trinajstić information content (AvgIpc) is 1.25. The highest BCUT2D eigenvalue weighted by molar-refractivity contribution is 7.87. The number of nitrogens with zero attached hydrogens (tertiary/aromatic N) is 18. The van der Waals surface area contributed by atoms with Crippen LogP contribution in [-0.2, 0) is 105 Å². The minimum absolute atomic E-state index is 0.00183. The number of hydrogen-bond donors (Lipinski definition) is 10. The fourth-order valence-electron chi connectivity index (χ4n) is 17.7. The number of thiazole rings is 4. The minimum atomic E-state index is -4.88. The Labute approximate surface area is 877 Å². The van der Waals surface area contributed by atoms with Crippen molar-refractivity contribution in [3.8, 4) is 22.4 Å². The third kappa shape index (κ3) is 21.8. The number of nitrogens with one attached hydrogen (secondary N) is 2. The van der Waals surface area contributed by atoms with Crippen LogP contribution in [0.1, 0.15) is 156 Å². The summed E-state index contributed by atoms with van der Waals surface area (Å²) in [6.45, 7) is 33.4. The average molecular weight is 2270 g/mol. The summed E-state index contributed by atoms with van der Waals surface area (Å²) in [6, 6.07) is 28.8. The molecule has 16 rings (SSSR count). The molecule has 44 nitrogen and oxygen atoms in total. The molecule has 8 heterocycles. The molecule has 56 heteroatoms. The fourth-order valence-corrected chi connectivity index (χ4v) is 28.0. The van der Waals surface area contributed by atoms with Crippen LogP contribution < -0.4 is 20.4 Å². The van der Waals surface area contributed by atoms with Crippen LogP contribution >= 0.6 is 45.3 Å². The lowest BCUT2D eigenvalue weighted by atomic mass is 9.89. The van der Waals surface area contributed by atoms with Crippen molar-refractivity contribution in [2.75, 3.05) is 20.4 Å². The monoisotopic (exact) mass is 2270 g/mol. The topological polar surface area (TPSA) is 676 Å². The molecule has 0 spiro atoms. The van der Waals surface area contributed by atoms with Crippen molar-refractivity contribution in [1.29, 1.82) is 10.5 Å². The van der Waals surface area contributed by atoms with Crippen LogP contribution in [0.2, 0.25) is 0 Å². The molecule has 0 radical (unpaired) electrons. The molecule has 0 aliphatic heterocycles. The fraction of sp³-hybridized carbons (Fsp3) is 0.255. The van der Waals surface area contributed by atoms with E-state index in [-0.39, 0.29) is 198 Å². The number of fused-ring (bicyclic) bond motifs is 4. The van der Waals surface area contributed by atoms with Crippen LogP contribution in [0.15, 0.2) is 169 Å². The van der Waals surface area contributed by atoms with Crippen LogP contribution in [0.25, 0.3) is 51.1 Å². The van der Waals surface area contributed by atoms with Gasteiger partial charge in [-0.15, -0.1) is 20.5 Å². The van der Waals surface area contributed by atoms with Gasteiger partial charge in [0.1, 0.15) is 65.9 Å². The summed E-state index contributed by atoms with van der Waals surface area (Å²) in [7, 11) is -37.9. The second kappa shape index (κ2) is 39.8. The summed E-state index contributed by atoms with van der Waals surface area (Å²) < 4.78 is 287. The third-order valence-corrected chi connectivity index (χ3v) is 35.8. The standard InChI is InChI=1S/C48H48N10O12S6.C46H44N10O12S6/c1-11-30-38(23(3)17-26(6)41(30)75(65,66)67)53-44-39(54-55-45-32(22-49)43(48(8,9)10)56-58(45)47-51-34-16-14-29(74(62,63)64)21-36(34)72-47)24(4)19-37(52-44)57(40-25(5)18-27(7)42(31(40)12-2)76(68,69)70)46-50-33-15-13-28(73(59,60)61)20-35(33)71-46;1-21-15-24(4)39(73(63,64)65)26(6)36(21)51-42-37(52-53-43-30(20-47)41(46(8,9)10)54-56(43)45-49-32-14-12-29(72(60,61)62)19-34(32)70-45)22(2)17-35(50-42)55(38-23(3)16-25(5)40(27(38)7)74(66,67)68)44-48-31-13-11-28(71(57,58)59)18-33(31)69-44/h13-21H,11-12H2,1-10H3,(H,52,53)(H,59,60,61)(H,62,63,64)(H,65,66,67)(H,68,69,70);11-19H,1-10H3,(H,50,51)(H,57,58,59)(H,60,61,62)(H,63,64,65)(H,66,67,68). The molecule has 0 bridgehead atoms. The Morgan fingerprint density at radius 2 is 0.653 bits per heavy atom. The van der Waals surface area contributed by atoms with E-state index in [1.54, 1.807) is 79.7 Å². The smallest absolute Gasteiger partial charge is 0.295 e. The van der Waals surface area contributed by atoms with E-state index in [0.717, 1.165) is 51.4 Å². The lowest BCUT2D eigenvalue weighted by molar-refractivity contribution is 0.479. The zero-order valence-electron chi connectivity index (χ0n) is 82.9. The van der Waals surface area contributed by atoms with E-state index in [0.29, 0.717) is 69.9 Å². The van der Waals surface area contributed by atoms with Gasteiger partial charge in [-0.3, -0.25) is 46.2 Å². The van der Waals surface area contributed by atoms with Gasteiger partial charge in [0, 0.05) is 22.2 Å². The SMILES string of the molecule is CCc1c(Nc2nc(N(c3nc4ccc(S(=O)(=O)O)cc4s3)c3c(C)cc(C)c(S(=O)(=O)O)c3CC)cc(C)c2N=Nc2c(C#N)c(C(C)(C)C)nn2-c2nc3ccc(S(=O)(=O)O)cc3s2)c(C)cc(C)c1S(=O)(=O)O.Cc1cc(N(c2nc3ccc(S(=O)(=O)O)cc3s2)c2c(C)cc(C)c(S(=O)(=O)O)c2C)nc(Nc2c(C)cc(C)c(S(=O)(=O)O)c2C)c1N=Nc1c(C#N)c(C(C)(C)C)nn1-c1nc2ccc(S(=O)(=O)O)cc2s1. The lowest BCUT2D eigenvalue weighted by Crippen LogP contribution is -2.18. The van der Waals surface area contributed by atoms with E-state index in [4.69, 9.17) is 35.2 Å². The first kappa shape index (κ1) is 111. The molecule has 0 saturated carbocycles. The molecule has 0 aliphatic carbocycles. The normalized spacial score (nSPS) is 12.8. The van der Waals surface area contributed by atoms with Gasteiger partial charge in [0.2, 0.25) is 10.3 Å². The van der Waals surface area contributed by atoms with Gasteiger partial charge in [0.15, 0.2) is 33.5 Å². The third-order valence-electron chi connectivity index (χ3n) is 23.9. The summed E-state index contributed by atoms with van der Waals surface area (Å²) in [5.74, 6) is -0.380. The minimum Gasteiger partial charge on any atom is -0.338 e. The Kier molecular flexibility index (Phi) is 29.4. The number of nitriles is 2. The molecule has 0 unspecified atom stereocenters. The number of pyridine rings is 2. The van der Waals surface area contributed by atoms with E-state index in [1.807, 2.05) is 41.5 Å². The van der Waals surface area contributed by atoms with Crippen molar-refractivity contribution in [3.05, 3.63) is 210 Å². The maximum Gasteiger partial charge on any atom is 0.295 e. The summed E-state index contributed by atoms with van der Waals surface area (Å²) in [6.07, 6.45) is 0.119. The predicted octanol–water partition coefficient (Wildman–Crippen LogP) is 21.4. The number of azo groups is 2. The number of rotatable bonds is 26. The van der Waals surface area contributed by atoms with E-state index in [2.05, 4.69) is 48.1 Å². The van der Waals surface area contributed by atoms with Crippen LogP contribution in [0.3, 0.4) is 0 Å². The number of anilines is 10. The zero-order chi connectivity index (χ0) is 110. The number of hydrogen-bond acceptors (Lipinski definition) is 38. The molecule has 8 aromatic carbocycles. The van der Waals surface area contributed by atoms with Crippen LogP contribution in [-0.4, -0.2) is 153 Å². The second-order valence-corrected chi connectivity index (χ2v) is 52.1. The van der Waals surface area contributed by atoms with Gasteiger partial charge in [-0.05, 0) is 259 Å². The number of benzene rings is 8. The van der Waals surface area contributed by atoms with Crippen LogP contribution in [0, 0.1) is 106 Å². The largest absolute Gasteiger partial charge is 0.338 e. The molecular weight excluding hydrogens is 2180 g/mol. The van der Waals surface area contributed by atoms with Gasteiger partial charge < -0.3 is 10.6 Å². The van der Waals surface area contributed by atoms with Crippen molar-refractivity contribution in [2.24, 2.45) is 20.5 Å². The molecule has 0 amide bonds. The maximum atomic E-state index is 13.2. The summed E-state index contributed by atoms with van der Waals surface area (Å²) in [5, 5.41) is 56.6. The molecule has 10 N–H and O–H groups in total. The Hall–Kier alpha value is -13.3. The molecule has 8 aromatic heterocycles. The van der Waals surface area contributed by atoms with Crippen molar-refractivity contribution in [2.45, 2.75) is 201 Å². The summed E-state index contributed by atoms with van der Waals surface area (Å²) in [5.41, 5.74) is 5.10. The Balaban J connectivity index is 0.000000224. The molecule has 0 fully saturated rings. The molecule has 16 aromatic rings. The van der Waals surface area contributed by atoms with E-state index in [9.17, 15) is 114 Å². The van der Waals surface area contributed by atoms with Gasteiger partial charge in [-0.25, -0.2) is 29.9 Å². The first-order chi connectivity index (χ1) is 69.4. The highest BCUT2D eigenvalue weighted by Crippen LogP contribution is 2.52. The van der Waals surface area contributed by atoms with Gasteiger partial charge in [0.25, 0.3) is 80.9 Å². The summed E-state index contributed by atoms with van der Waals surface area (Å²) >= 11 is 3.90. The number of aryl methyl sites for hydroxylation is 10. The van der Waals surface area contributed by atoms with Crippen molar-refractivity contribution >= 4 is 246 Å². The second-order valence-electron chi connectivity index (χ2n) is 37.0. The van der Waals surface area contributed by atoms with Gasteiger partial charge in [-0.2, -0.15) is 97.4 Å². The van der Waals surface area contributed by atoms with Crippen molar-refractivity contribution < 1.29 is 104 Å².